The van der Waals surface area contributed by atoms with Gasteiger partial charge in [-0.2, -0.15) is 0 Å². The van der Waals surface area contributed by atoms with Crippen molar-refractivity contribution < 1.29 is 14.6 Å². The Morgan fingerprint density at radius 3 is 2.59 bits per heavy atom. The van der Waals surface area contributed by atoms with E-state index in [1.807, 2.05) is 36.0 Å². The molecule has 0 amide bonds. The molecule has 1 fully saturated rings. The van der Waals surface area contributed by atoms with Crippen LogP contribution in [0.25, 0.3) is 6.08 Å². The number of ether oxygens (including phenoxy) is 2. The lowest BCUT2D eigenvalue weighted by Gasteiger charge is -2.17. The number of aliphatic hydroxyl groups excluding tert-OH is 1. The minimum absolute atomic E-state index is 0.114. The fourth-order valence-electron chi connectivity index (χ4n) is 2.93. The molecule has 0 radical (unpaired) electrons. The maximum atomic E-state index is 10.2. The molecule has 156 valence electrons. The zero-order chi connectivity index (χ0) is 20.6. The van der Waals surface area contributed by atoms with E-state index >= 15 is 0 Å². The van der Waals surface area contributed by atoms with Gasteiger partial charge >= 0.3 is 0 Å². The van der Waals surface area contributed by atoms with Gasteiger partial charge in [-0.15, -0.1) is 11.8 Å². The third-order valence-corrected chi connectivity index (χ3v) is 6.22. The van der Waals surface area contributed by atoms with Gasteiger partial charge in [-0.1, -0.05) is 48.7 Å². The van der Waals surface area contributed by atoms with Crippen LogP contribution in [0.1, 0.15) is 24.5 Å². The predicted molar refractivity (Wildman–Crippen MR) is 122 cm³/mol. The second-order valence-corrected chi connectivity index (χ2v) is 8.65. The first-order valence-corrected chi connectivity index (χ1v) is 11.4. The highest BCUT2D eigenvalue weighted by atomic mass is 35.5. The van der Waals surface area contributed by atoms with E-state index in [0.29, 0.717) is 21.5 Å². The van der Waals surface area contributed by atoms with Crippen LogP contribution < -0.4 is 14.8 Å². The Labute approximate surface area is 186 Å². The molecule has 2 aromatic carbocycles. The summed E-state index contributed by atoms with van der Waals surface area (Å²) in [5.41, 5.74) is 2.01. The molecular formula is C22H25Cl2NO3S. The van der Waals surface area contributed by atoms with Gasteiger partial charge in [0.05, 0.1) is 10.0 Å². The fraction of sp³-hybridized carbons (Fsp3) is 0.364. The second kappa shape index (κ2) is 11.1. The van der Waals surface area contributed by atoms with Crippen molar-refractivity contribution in [2.45, 2.75) is 25.9 Å². The number of hydrogen-bond donors (Lipinski definition) is 2. The Morgan fingerprint density at radius 2 is 1.90 bits per heavy atom. The van der Waals surface area contributed by atoms with Crippen molar-refractivity contribution in [3.63, 3.8) is 0 Å². The number of nitrogens with one attached hydrogen (secondary N) is 1. The first-order chi connectivity index (χ1) is 14.1. The Balaban J connectivity index is 1.49. The summed E-state index contributed by atoms with van der Waals surface area (Å²) in [6.45, 7) is 3.25. The van der Waals surface area contributed by atoms with Crippen LogP contribution in [0.5, 0.6) is 11.5 Å². The van der Waals surface area contributed by atoms with Gasteiger partial charge in [0, 0.05) is 22.9 Å². The molecule has 0 aromatic heterocycles. The van der Waals surface area contributed by atoms with Crippen LogP contribution in [-0.2, 0) is 6.42 Å². The van der Waals surface area contributed by atoms with Crippen LogP contribution in [-0.4, -0.2) is 36.8 Å². The minimum atomic E-state index is -0.762. The zero-order valence-electron chi connectivity index (χ0n) is 16.3. The second-order valence-electron chi connectivity index (χ2n) is 6.76. The van der Waals surface area contributed by atoms with Gasteiger partial charge in [0.1, 0.15) is 30.8 Å². The Morgan fingerprint density at radius 1 is 1.14 bits per heavy atom. The minimum Gasteiger partial charge on any atom is -0.491 e. The molecule has 7 heteroatoms. The predicted octanol–water partition coefficient (Wildman–Crippen LogP) is 5.40. The average molecular weight is 454 g/mol. The van der Waals surface area contributed by atoms with E-state index in [9.17, 15) is 5.11 Å². The van der Waals surface area contributed by atoms with E-state index < -0.39 is 6.10 Å². The molecule has 29 heavy (non-hydrogen) atoms. The smallest absolute Gasteiger partial charge is 0.124 e. The van der Waals surface area contributed by atoms with Gasteiger partial charge in [0.15, 0.2) is 0 Å². The van der Waals surface area contributed by atoms with E-state index in [1.54, 1.807) is 12.1 Å². The van der Waals surface area contributed by atoms with Crippen molar-refractivity contribution in [2.24, 2.45) is 0 Å². The van der Waals surface area contributed by atoms with Gasteiger partial charge < -0.3 is 19.9 Å². The third kappa shape index (κ3) is 6.56. The SMILES string of the molecule is CCCc1c(OCC(O)COc2ccc(C=C3CNCS3)cc2)ccc(Cl)c1Cl. The summed E-state index contributed by atoms with van der Waals surface area (Å²) in [5, 5.41) is 14.5. The lowest BCUT2D eigenvalue weighted by atomic mass is 10.1. The maximum absolute atomic E-state index is 10.2. The normalized spacial score (nSPS) is 16.2. The van der Waals surface area contributed by atoms with Crippen LogP contribution in [0.3, 0.4) is 0 Å². The molecule has 0 spiro atoms. The topological polar surface area (TPSA) is 50.7 Å². The summed E-state index contributed by atoms with van der Waals surface area (Å²) in [6, 6.07) is 11.3. The zero-order valence-corrected chi connectivity index (χ0v) is 18.6. The van der Waals surface area contributed by atoms with Crippen molar-refractivity contribution in [3.8, 4) is 11.5 Å². The quantitative estimate of drug-likeness (QED) is 0.532. The molecule has 0 saturated carbocycles. The summed E-state index contributed by atoms with van der Waals surface area (Å²) in [7, 11) is 0. The number of aliphatic hydroxyl groups is 1. The van der Waals surface area contributed by atoms with Crippen LogP contribution >= 0.6 is 35.0 Å². The lowest BCUT2D eigenvalue weighted by Crippen LogP contribution is -2.25. The number of thioether (sulfide) groups is 1. The van der Waals surface area contributed by atoms with Crippen LogP contribution in [0.2, 0.25) is 10.0 Å². The largest absolute Gasteiger partial charge is 0.491 e. The van der Waals surface area contributed by atoms with Crippen molar-refractivity contribution in [3.05, 3.63) is 62.5 Å². The lowest BCUT2D eigenvalue weighted by molar-refractivity contribution is 0.0623. The number of halogens is 2. The van der Waals surface area contributed by atoms with Crippen LogP contribution in [0.15, 0.2) is 41.3 Å². The molecule has 1 heterocycles. The van der Waals surface area contributed by atoms with E-state index in [4.69, 9.17) is 32.7 Å². The average Bonchev–Trinajstić information content (AvgIpc) is 3.23. The third-order valence-electron chi connectivity index (χ3n) is 4.39. The monoisotopic (exact) mass is 453 g/mol. The molecule has 2 aromatic rings. The van der Waals surface area contributed by atoms with Gasteiger partial charge in [0.2, 0.25) is 0 Å². The highest BCUT2D eigenvalue weighted by Crippen LogP contribution is 2.34. The molecule has 1 saturated heterocycles. The van der Waals surface area contributed by atoms with Crippen molar-refractivity contribution in [1.82, 2.24) is 5.32 Å². The molecule has 2 N–H and O–H groups in total. The summed E-state index contributed by atoms with van der Waals surface area (Å²) in [4.78, 5) is 1.33. The van der Waals surface area contributed by atoms with Gasteiger partial charge in [-0.25, -0.2) is 0 Å². The first-order valence-electron chi connectivity index (χ1n) is 9.61. The van der Waals surface area contributed by atoms with E-state index in [0.717, 1.165) is 36.4 Å². The highest BCUT2D eigenvalue weighted by molar-refractivity contribution is 8.03. The highest BCUT2D eigenvalue weighted by Gasteiger charge is 2.14. The van der Waals surface area contributed by atoms with Gasteiger partial charge in [-0.3, -0.25) is 0 Å². The number of rotatable bonds is 9. The summed E-state index contributed by atoms with van der Waals surface area (Å²) >= 11 is 14.2. The molecule has 1 atom stereocenters. The molecule has 0 aliphatic carbocycles. The summed E-state index contributed by atoms with van der Waals surface area (Å²) in [6.07, 6.45) is 3.09. The van der Waals surface area contributed by atoms with Gasteiger partial charge in [0.25, 0.3) is 0 Å². The van der Waals surface area contributed by atoms with Gasteiger partial charge in [-0.05, 0) is 42.3 Å². The van der Waals surface area contributed by atoms with Crippen molar-refractivity contribution in [2.75, 3.05) is 25.6 Å². The summed E-state index contributed by atoms with van der Waals surface area (Å²) in [5.74, 6) is 2.33. The van der Waals surface area contributed by atoms with Crippen molar-refractivity contribution in [1.29, 1.82) is 0 Å². The first kappa shape index (κ1) is 22.3. The maximum Gasteiger partial charge on any atom is 0.124 e. The standard InChI is InChI=1S/C22H25Cl2NO3S/c1-2-3-19-21(9-8-20(23)22(19)24)28-13-16(26)12-27-17-6-4-15(5-7-17)10-18-11-25-14-29-18/h4-10,16,25-26H,2-3,11-14H2,1H3. The van der Waals surface area contributed by atoms with E-state index in [-0.39, 0.29) is 13.2 Å². The van der Waals surface area contributed by atoms with Crippen LogP contribution in [0.4, 0.5) is 0 Å². The molecule has 1 aliphatic rings. The fourth-order valence-corrected chi connectivity index (χ4v) is 4.17. The molecule has 1 unspecified atom stereocenters. The van der Waals surface area contributed by atoms with E-state index in [2.05, 4.69) is 18.3 Å². The summed E-state index contributed by atoms with van der Waals surface area (Å²) < 4.78 is 11.5. The Bertz CT molecular complexity index is 835. The molecule has 1 aliphatic heterocycles. The van der Waals surface area contributed by atoms with Crippen LogP contribution in [0, 0.1) is 0 Å². The van der Waals surface area contributed by atoms with E-state index in [1.165, 1.54) is 4.91 Å². The number of benzene rings is 2. The Kier molecular flexibility index (Phi) is 8.57. The molecule has 0 bridgehead atoms. The molecule has 3 rings (SSSR count). The Hall–Kier alpha value is -1.37. The molecule has 4 nitrogen and oxygen atoms in total. The number of hydrogen-bond acceptors (Lipinski definition) is 5. The van der Waals surface area contributed by atoms with Crippen molar-refractivity contribution >= 4 is 41.0 Å². The molecular weight excluding hydrogens is 429 g/mol.